The fourth-order valence-electron chi connectivity index (χ4n) is 1.85. The second-order valence-electron chi connectivity index (χ2n) is 4.51. The lowest BCUT2D eigenvalue weighted by Crippen LogP contribution is -2.15. The molecule has 0 spiro atoms. The monoisotopic (exact) mass is 292 g/mol. The van der Waals surface area contributed by atoms with Crippen LogP contribution in [0.5, 0.6) is 5.75 Å². The third-order valence-electron chi connectivity index (χ3n) is 2.93. The fourth-order valence-corrected chi connectivity index (χ4v) is 1.85. The van der Waals surface area contributed by atoms with E-state index < -0.39 is 17.5 Å². The number of carbonyl (C=O) groups is 1. The Morgan fingerprint density at radius 3 is 2.57 bits per heavy atom. The van der Waals surface area contributed by atoms with Gasteiger partial charge in [0.2, 0.25) is 0 Å². The van der Waals surface area contributed by atoms with Crippen LogP contribution < -0.4 is 15.8 Å². The number of hydrogen-bond acceptors (Lipinski definition) is 3. The minimum atomic E-state index is -0.981. The van der Waals surface area contributed by atoms with E-state index in [0.717, 1.165) is 11.6 Å². The molecule has 0 aliphatic heterocycles. The Morgan fingerprint density at radius 2 is 1.90 bits per heavy atom. The van der Waals surface area contributed by atoms with E-state index >= 15 is 0 Å². The molecule has 2 aromatic carbocycles. The molecule has 0 saturated carbocycles. The lowest BCUT2D eigenvalue weighted by Gasteiger charge is -2.12. The molecule has 0 fully saturated rings. The van der Waals surface area contributed by atoms with E-state index in [-0.39, 0.29) is 11.3 Å². The van der Waals surface area contributed by atoms with Crippen molar-refractivity contribution in [1.82, 2.24) is 0 Å². The molecule has 6 heteroatoms. The fraction of sp³-hybridized carbons (Fsp3) is 0.133. The summed E-state index contributed by atoms with van der Waals surface area (Å²) < 4.78 is 31.9. The predicted octanol–water partition coefficient (Wildman–Crippen LogP) is 3.12. The maximum atomic E-state index is 13.7. The lowest BCUT2D eigenvalue weighted by atomic mass is 10.1. The predicted molar refractivity (Wildman–Crippen MR) is 76.5 cm³/mol. The minimum absolute atomic E-state index is 0.294. The van der Waals surface area contributed by atoms with Crippen molar-refractivity contribution in [3.05, 3.63) is 53.1 Å². The summed E-state index contributed by atoms with van der Waals surface area (Å²) in [7, 11) is 1.46. The van der Waals surface area contributed by atoms with Crippen LogP contribution in [0.25, 0.3) is 0 Å². The molecule has 0 radical (unpaired) electrons. The summed E-state index contributed by atoms with van der Waals surface area (Å²) in [6, 6.07) is 6.72. The molecular formula is C15H14F2N2O2. The van der Waals surface area contributed by atoms with Crippen molar-refractivity contribution in [2.45, 2.75) is 6.92 Å². The van der Waals surface area contributed by atoms with Gasteiger partial charge in [0.05, 0.1) is 24.0 Å². The van der Waals surface area contributed by atoms with Crippen LogP contribution in [0.1, 0.15) is 15.9 Å². The van der Waals surface area contributed by atoms with Gasteiger partial charge in [-0.3, -0.25) is 4.79 Å². The summed E-state index contributed by atoms with van der Waals surface area (Å²) in [6.45, 7) is 1.84. The first kappa shape index (κ1) is 14.8. The van der Waals surface area contributed by atoms with Crippen molar-refractivity contribution in [3.8, 4) is 5.75 Å². The van der Waals surface area contributed by atoms with Crippen LogP contribution >= 0.6 is 0 Å². The van der Waals surface area contributed by atoms with E-state index in [2.05, 4.69) is 5.32 Å². The molecule has 4 nitrogen and oxygen atoms in total. The third-order valence-corrected chi connectivity index (χ3v) is 2.93. The average Bonchev–Trinajstić information content (AvgIpc) is 2.43. The van der Waals surface area contributed by atoms with E-state index in [1.807, 2.05) is 13.0 Å². The average molecular weight is 292 g/mol. The van der Waals surface area contributed by atoms with Crippen molar-refractivity contribution >= 4 is 17.3 Å². The highest BCUT2D eigenvalue weighted by atomic mass is 19.1. The highest BCUT2D eigenvalue weighted by Gasteiger charge is 2.16. The van der Waals surface area contributed by atoms with Gasteiger partial charge < -0.3 is 15.8 Å². The Balaban J connectivity index is 2.34. The van der Waals surface area contributed by atoms with E-state index in [9.17, 15) is 13.6 Å². The summed E-state index contributed by atoms with van der Waals surface area (Å²) >= 11 is 0. The summed E-state index contributed by atoms with van der Waals surface area (Å²) in [5, 5.41) is 2.52. The van der Waals surface area contributed by atoms with Gasteiger partial charge in [0, 0.05) is 6.07 Å². The molecule has 0 unspecified atom stereocenters. The number of rotatable bonds is 3. The molecule has 0 aliphatic rings. The highest BCUT2D eigenvalue weighted by molar-refractivity contribution is 6.05. The summed E-state index contributed by atoms with van der Waals surface area (Å²) in [5.74, 6) is -2.18. The van der Waals surface area contributed by atoms with Gasteiger partial charge in [-0.15, -0.1) is 0 Å². The molecule has 3 N–H and O–H groups in total. The number of nitrogens with two attached hydrogens (primary N) is 1. The highest BCUT2D eigenvalue weighted by Crippen LogP contribution is 2.26. The second-order valence-corrected chi connectivity index (χ2v) is 4.51. The van der Waals surface area contributed by atoms with Crippen molar-refractivity contribution in [1.29, 1.82) is 0 Å². The number of amides is 1. The number of hydrogen-bond donors (Lipinski definition) is 2. The summed E-state index contributed by atoms with van der Waals surface area (Å²) in [6.07, 6.45) is 0. The summed E-state index contributed by atoms with van der Waals surface area (Å²) in [5.41, 5.74) is 6.01. The van der Waals surface area contributed by atoms with Gasteiger partial charge in [0.25, 0.3) is 5.91 Å². The molecule has 0 bridgehead atoms. The smallest absolute Gasteiger partial charge is 0.258 e. The molecule has 2 aromatic rings. The largest absolute Gasteiger partial charge is 0.495 e. The van der Waals surface area contributed by atoms with Gasteiger partial charge in [-0.25, -0.2) is 8.78 Å². The van der Waals surface area contributed by atoms with Crippen molar-refractivity contribution in [2.24, 2.45) is 0 Å². The zero-order valence-electron chi connectivity index (χ0n) is 11.5. The van der Waals surface area contributed by atoms with E-state index in [1.54, 1.807) is 12.1 Å². The third kappa shape index (κ3) is 3.10. The number of methoxy groups -OCH3 is 1. The van der Waals surface area contributed by atoms with Crippen LogP contribution in [0.3, 0.4) is 0 Å². The van der Waals surface area contributed by atoms with Gasteiger partial charge in [0.15, 0.2) is 0 Å². The minimum Gasteiger partial charge on any atom is -0.495 e. The maximum Gasteiger partial charge on any atom is 0.258 e. The lowest BCUT2D eigenvalue weighted by molar-refractivity contribution is 0.102. The number of anilines is 2. The Morgan fingerprint density at radius 1 is 1.19 bits per heavy atom. The standard InChI is InChI=1S/C15H14F2N2O2/c1-8-3-4-14(21-2)13(5-8)19-15(20)9-6-12(18)11(17)7-10(9)16/h3-7H,18H2,1-2H3,(H,19,20). The quantitative estimate of drug-likeness (QED) is 0.854. The molecule has 0 heterocycles. The number of nitrogens with one attached hydrogen (secondary N) is 1. The second kappa shape index (κ2) is 5.78. The van der Waals surface area contributed by atoms with E-state index in [1.165, 1.54) is 7.11 Å². The van der Waals surface area contributed by atoms with E-state index in [0.29, 0.717) is 17.5 Å². The van der Waals surface area contributed by atoms with Crippen molar-refractivity contribution < 1.29 is 18.3 Å². The first-order valence-electron chi connectivity index (χ1n) is 6.13. The van der Waals surface area contributed by atoms with Gasteiger partial charge in [0.1, 0.15) is 17.4 Å². The zero-order chi connectivity index (χ0) is 15.6. The van der Waals surface area contributed by atoms with Crippen LogP contribution in [0.4, 0.5) is 20.2 Å². The number of halogens is 2. The van der Waals surface area contributed by atoms with E-state index in [4.69, 9.17) is 10.5 Å². The number of benzene rings is 2. The molecule has 0 saturated heterocycles. The number of ether oxygens (including phenoxy) is 1. The molecular weight excluding hydrogens is 278 g/mol. The Hall–Kier alpha value is -2.63. The van der Waals surface area contributed by atoms with Crippen LogP contribution in [0, 0.1) is 18.6 Å². The number of carbonyl (C=O) groups excluding carboxylic acids is 1. The Labute approximate surface area is 120 Å². The van der Waals surface area contributed by atoms with Crippen molar-refractivity contribution in [2.75, 3.05) is 18.2 Å². The van der Waals surface area contributed by atoms with Crippen LogP contribution in [0.15, 0.2) is 30.3 Å². The van der Waals surface area contributed by atoms with Gasteiger partial charge in [-0.1, -0.05) is 6.07 Å². The maximum absolute atomic E-state index is 13.7. The molecule has 1 amide bonds. The molecule has 0 aliphatic carbocycles. The Bertz CT molecular complexity index is 702. The topological polar surface area (TPSA) is 64.3 Å². The SMILES string of the molecule is COc1ccc(C)cc1NC(=O)c1cc(N)c(F)cc1F. The van der Waals surface area contributed by atoms with Crippen LogP contribution in [0.2, 0.25) is 0 Å². The molecule has 2 rings (SSSR count). The first-order valence-corrected chi connectivity index (χ1v) is 6.13. The normalized spacial score (nSPS) is 10.3. The molecule has 0 atom stereocenters. The van der Waals surface area contributed by atoms with Gasteiger partial charge in [-0.05, 0) is 30.7 Å². The van der Waals surface area contributed by atoms with Gasteiger partial charge in [-0.2, -0.15) is 0 Å². The Kier molecular flexibility index (Phi) is 4.07. The molecule has 0 aromatic heterocycles. The summed E-state index contributed by atoms with van der Waals surface area (Å²) in [4.78, 5) is 12.1. The first-order chi connectivity index (χ1) is 9.92. The van der Waals surface area contributed by atoms with Crippen molar-refractivity contribution in [3.63, 3.8) is 0 Å². The number of nitrogen functional groups attached to an aromatic ring is 1. The van der Waals surface area contributed by atoms with Gasteiger partial charge >= 0.3 is 0 Å². The van der Waals surface area contributed by atoms with Crippen LogP contribution in [-0.4, -0.2) is 13.0 Å². The molecule has 21 heavy (non-hydrogen) atoms. The molecule has 110 valence electrons. The van der Waals surface area contributed by atoms with Crippen LogP contribution in [-0.2, 0) is 0 Å². The zero-order valence-corrected chi connectivity index (χ0v) is 11.5. The number of aryl methyl sites for hydroxylation is 1.